The lowest BCUT2D eigenvalue weighted by Gasteiger charge is -2.26. The Balaban J connectivity index is 2.26. The van der Waals surface area contributed by atoms with E-state index in [0.29, 0.717) is 6.04 Å². The zero-order valence-corrected chi connectivity index (χ0v) is 12.4. The number of aryl methyl sites for hydroxylation is 2. The van der Waals surface area contributed by atoms with Crippen LogP contribution in [-0.4, -0.2) is 35.9 Å². The van der Waals surface area contributed by atoms with Gasteiger partial charge < -0.3 is 14.6 Å². The average Bonchev–Trinajstić information content (AvgIpc) is 2.70. The van der Waals surface area contributed by atoms with E-state index in [1.807, 2.05) is 19.3 Å². The van der Waals surface area contributed by atoms with Crippen molar-refractivity contribution in [3.8, 4) is 0 Å². The van der Waals surface area contributed by atoms with Gasteiger partial charge in [0.2, 0.25) is 0 Å². The van der Waals surface area contributed by atoms with E-state index in [0.717, 1.165) is 31.9 Å². The molecule has 0 amide bonds. The maximum atomic E-state index is 5.22. The Kier molecular flexibility index (Phi) is 5.82. The second-order valence-corrected chi connectivity index (χ2v) is 5.84. The van der Waals surface area contributed by atoms with Gasteiger partial charge in [-0.15, -0.1) is 0 Å². The van der Waals surface area contributed by atoms with Crippen molar-refractivity contribution in [2.75, 3.05) is 20.3 Å². The van der Waals surface area contributed by atoms with Gasteiger partial charge in [-0.2, -0.15) is 0 Å². The molecular weight excluding hydrogens is 226 g/mol. The van der Waals surface area contributed by atoms with Crippen LogP contribution < -0.4 is 5.32 Å². The summed E-state index contributed by atoms with van der Waals surface area (Å²) in [5.41, 5.74) is 0.188. The monoisotopic (exact) mass is 253 g/mol. The quantitative estimate of drug-likeness (QED) is 0.772. The fraction of sp³-hybridized carbons (Fsp3) is 0.786. The molecule has 4 nitrogen and oxygen atoms in total. The fourth-order valence-electron chi connectivity index (χ4n) is 1.97. The number of nitrogens with one attached hydrogen (secondary N) is 1. The molecule has 0 bridgehead atoms. The van der Waals surface area contributed by atoms with Crippen LogP contribution in [0.25, 0.3) is 0 Å². The molecule has 0 aromatic carbocycles. The van der Waals surface area contributed by atoms with E-state index in [2.05, 4.69) is 35.6 Å². The fourth-order valence-corrected chi connectivity index (χ4v) is 1.97. The third-order valence-corrected chi connectivity index (χ3v) is 3.19. The first-order chi connectivity index (χ1) is 8.44. The highest BCUT2D eigenvalue weighted by molar-refractivity contribution is 4.88. The van der Waals surface area contributed by atoms with Crippen molar-refractivity contribution in [3.05, 3.63) is 18.2 Å². The second-order valence-electron chi connectivity index (χ2n) is 5.84. The van der Waals surface area contributed by atoms with E-state index < -0.39 is 0 Å². The van der Waals surface area contributed by atoms with Crippen LogP contribution in [0.1, 0.15) is 33.0 Å². The zero-order valence-electron chi connectivity index (χ0n) is 12.4. The zero-order chi connectivity index (χ0) is 13.6. The van der Waals surface area contributed by atoms with Crippen LogP contribution in [-0.2, 0) is 11.3 Å². The normalized spacial score (nSPS) is 13.8. The van der Waals surface area contributed by atoms with Crippen LogP contribution in [0.3, 0.4) is 0 Å². The molecule has 1 aromatic heterocycles. The van der Waals surface area contributed by atoms with Crippen LogP contribution in [0.15, 0.2) is 12.4 Å². The lowest BCUT2D eigenvalue weighted by molar-refractivity contribution is 0.101. The number of nitrogens with zero attached hydrogens (tertiary/aromatic N) is 2. The molecule has 0 unspecified atom stereocenters. The lowest BCUT2D eigenvalue weighted by atomic mass is 9.94. The Labute approximate surface area is 111 Å². The molecule has 0 aliphatic heterocycles. The van der Waals surface area contributed by atoms with Gasteiger partial charge in [-0.3, -0.25) is 0 Å². The van der Waals surface area contributed by atoms with Crippen LogP contribution >= 0.6 is 0 Å². The molecule has 1 aromatic rings. The molecule has 0 fully saturated rings. The lowest BCUT2D eigenvalue weighted by Crippen LogP contribution is -2.38. The Hall–Kier alpha value is -0.870. The highest BCUT2D eigenvalue weighted by atomic mass is 16.5. The molecule has 104 valence electrons. The molecule has 1 N–H and O–H groups in total. The van der Waals surface area contributed by atoms with Crippen molar-refractivity contribution in [2.45, 2.75) is 46.7 Å². The SMILES string of the molecule is COCC(C)(C)CN[C@@H](C)CCn1ccnc1C. The molecule has 0 spiro atoms. The summed E-state index contributed by atoms with van der Waals surface area (Å²) in [6.07, 6.45) is 5.01. The topological polar surface area (TPSA) is 39.1 Å². The predicted octanol–water partition coefficient (Wildman–Crippen LogP) is 2.23. The minimum Gasteiger partial charge on any atom is -0.384 e. The van der Waals surface area contributed by atoms with E-state index in [9.17, 15) is 0 Å². The predicted molar refractivity (Wildman–Crippen MR) is 74.7 cm³/mol. The van der Waals surface area contributed by atoms with Crippen molar-refractivity contribution < 1.29 is 4.74 Å². The third kappa shape index (κ3) is 5.19. The van der Waals surface area contributed by atoms with Gasteiger partial charge in [-0.05, 0) is 20.3 Å². The molecule has 0 aliphatic carbocycles. The Morgan fingerprint density at radius 2 is 2.22 bits per heavy atom. The summed E-state index contributed by atoms with van der Waals surface area (Å²) in [6.45, 7) is 11.5. The first-order valence-corrected chi connectivity index (χ1v) is 6.65. The Morgan fingerprint density at radius 3 is 2.78 bits per heavy atom. The highest BCUT2D eigenvalue weighted by Crippen LogP contribution is 2.14. The molecule has 1 atom stereocenters. The summed E-state index contributed by atoms with van der Waals surface area (Å²) in [5, 5.41) is 3.58. The van der Waals surface area contributed by atoms with E-state index in [4.69, 9.17) is 4.74 Å². The Morgan fingerprint density at radius 1 is 1.50 bits per heavy atom. The van der Waals surface area contributed by atoms with Crippen LogP contribution in [0, 0.1) is 12.3 Å². The number of imidazole rings is 1. The first-order valence-electron chi connectivity index (χ1n) is 6.65. The van der Waals surface area contributed by atoms with E-state index in [-0.39, 0.29) is 5.41 Å². The molecule has 4 heteroatoms. The van der Waals surface area contributed by atoms with Gasteiger partial charge in [0.25, 0.3) is 0 Å². The van der Waals surface area contributed by atoms with Gasteiger partial charge in [0.05, 0.1) is 6.61 Å². The van der Waals surface area contributed by atoms with Crippen molar-refractivity contribution in [3.63, 3.8) is 0 Å². The minimum atomic E-state index is 0.188. The summed E-state index contributed by atoms with van der Waals surface area (Å²) in [6, 6.07) is 0.503. The molecule has 18 heavy (non-hydrogen) atoms. The van der Waals surface area contributed by atoms with Crippen LogP contribution in [0.4, 0.5) is 0 Å². The van der Waals surface area contributed by atoms with Crippen molar-refractivity contribution in [1.82, 2.24) is 14.9 Å². The van der Waals surface area contributed by atoms with Crippen LogP contribution in [0.2, 0.25) is 0 Å². The highest BCUT2D eigenvalue weighted by Gasteiger charge is 2.18. The standard InChI is InChI=1S/C14H27N3O/c1-12(16-10-14(3,4)11-18-5)6-8-17-9-7-15-13(17)2/h7,9,12,16H,6,8,10-11H2,1-5H3/t12-/m0/s1. The smallest absolute Gasteiger partial charge is 0.105 e. The molecule has 0 saturated carbocycles. The van der Waals surface area contributed by atoms with Gasteiger partial charge in [0.1, 0.15) is 5.82 Å². The minimum absolute atomic E-state index is 0.188. The molecule has 0 saturated heterocycles. The third-order valence-electron chi connectivity index (χ3n) is 3.19. The van der Waals surface area contributed by atoms with E-state index >= 15 is 0 Å². The van der Waals surface area contributed by atoms with Crippen LogP contribution in [0.5, 0.6) is 0 Å². The van der Waals surface area contributed by atoms with E-state index in [1.54, 1.807) is 7.11 Å². The van der Waals surface area contributed by atoms with Crippen molar-refractivity contribution >= 4 is 0 Å². The molecule has 1 heterocycles. The number of ether oxygens (including phenoxy) is 1. The molecule has 0 aliphatic rings. The summed E-state index contributed by atoms with van der Waals surface area (Å²) < 4.78 is 7.41. The van der Waals surface area contributed by atoms with Crippen molar-refractivity contribution in [1.29, 1.82) is 0 Å². The van der Waals surface area contributed by atoms with Gasteiger partial charge in [0, 0.05) is 44.0 Å². The number of hydrogen-bond donors (Lipinski definition) is 1. The van der Waals surface area contributed by atoms with Gasteiger partial charge in [-0.1, -0.05) is 13.8 Å². The second kappa shape index (κ2) is 6.90. The molecular formula is C14H27N3O. The molecule has 1 rings (SSSR count). The van der Waals surface area contributed by atoms with Crippen molar-refractivity contribution in [2.24, 2.45) is 5.41 Å². The summed E-state index contributed by atoms with van der Waals surface area (Å²) >= 11 is 0. The first kappa shape index (κ1) is 15.2. The summed E-state index contributed by atoms with van der Waals surface area (Å²) in [5.74, 6) is 1.09. The number of methoxy groups -OCH3 is 1. The number of hydrogen-bond acceptors (Lipinski definition) is 3. The number of rotatable bonds is 8. The van der Waals surface area contributed by atoms with Gasteiger partial charge in [-0.25, -0.2) is 4.98 Å². The largest absolute Gasteiger partial charge is 0.384 e. The molecule has 0 radical (unpaired) electrons. The summed E-state index contributed by atoms with van der Waals surface area (Å²) in [7, 11) is 1.76. The Bertz CT molecular complexity index is 347. The van der Waals surface area contributed by atoms with Gasteiger partial charge in [0.15, 0.2) is 0 Å². The number of aromatic nitrogens is 2. The maximum absolute atomic E-state index is 5.22. The maximum Gasteiger partial charge on any atom is 0.105 e. The van der Waals surface area contributed by atoms with E-state index in [1.165, 1.54) is 0 Å². The van der Waals surface area contributed by atoms with Gasteiger partial charge >= 0.3 is 0 Å². The summed E-state index contributed by atoms with van der Waals surface area (Å²) in [4.78, 5) is 4.23. The average molecular weight is 253 g/mol.